The average molecular weight is 341 g/mol. The van der Waals surface area contributed by atoms with Gasteiger partial charge in [-0.15, -0.1) is 0 Å². The van der Waals surface area contributed by atoms with Crippen LogP contribution in [0.5, 0.6) is 0 Å². The van der Waals surface area contributed by atoms with E-state index in [1.165, 1.54) is 10.6 Å². The highest BCUT2D eigenvalue weighted by Gasteiger charge is 2.31. The molecule has 0 N–H and O–H groups in total. The Bertz CT molecular complexity index is 581. The number of aromatic nitrogens is 3. The molecule has 4 heterocycles. The molecule has 0 aromatic carbocycles. The van der Waals surface area contributed by atoms with Crippen LogP contribution in [0.15, 0.2) is 16.9 Å². The zero-order chi connectivity index (χ0) is 12.8. The third kappa shape index (κ3) is 2.09. The molecule has 0 spiro atoms. The van der Waals surface area contributed by atoms with E-state index in [-0.39, 0.29) is 0 Å². The van der Waals surface area contributed by atoms with Crippen molar-refractivity contribution in [3.8, 4) is 0 Å². The van der Waals surface area contributed by atoms with Crippen LogP contribution in [0, 0.1) is 0 Å². The summed E-state index contributed by atoms with van der Waals surface area (Å²) in [6, 6.07) is 0.462. The van der Waals surface area contributed by atoms with Gasteiger partial charge in [-0.3, -0.25) is 4.68 Å². The Balaban J connectivity index is 1.46. The second-order valence-electron chi connectivity index (χ2n) is 4.87. The fourth-order valence-electron chi connectivity index (χ4n) is 2.44. The summed E-state index contributed by atoms with van der Waals surface area (Å²) in [5.74, 6) is 0. The summed E-state index contributed by atoms with van der Waals surface area (Å²) in [6.07, 6.45) is 4.82. The van der Waals surface area contributed by atoms with Crippen molar-refractivity contribution in [1.82, 2.24) is 14.8 Å². The fourth-order valence-corrected chi connectivity index (χ4v) is 3.80. The van der Waals surface area contributed by atoms with Gasteiger partial charge < -0.3 is 9.64 Å². The van der Waals surface area contributed by atoms with Crippen LogP contribution in [0.25, 0.3) is 0 Å². The summed E-state index contributed by atoms with van der Waals surface area (Å²) in [6.45, 7) is 3.51. The monoisotopic (exact) mass is 340 g/mol. The quantitative estimate of drug-likeness (QED) is 0.840. The van der Waals surface area contributed by atoms with Gasteiger partial charge in [0.15, 0.2) is 5.13 Å². The first kappa shape index (κ1) is 11.9. The average Bonchev–Trinajstić information content (AvgIpc) is 2.93. The van der Waals surface area contributed by atoms with Gasteiger partial charge >= 0.3 is 0 Å². The highest BCUT2D eigenvalue weighted by Crippen LogP contribution is 2.34. The van der Waals surface area contributed by atoms with E-state index in [0.717, 1.165) is 42.3 Å². The van der Waals surface area contributed by atoms with Crippen LogP contribution in [0.3, 0.4) is 0 Å². The number of halogens is 1. The van der Waals surface area contributed by atoms with Gasteiger partial charge in [-0.1, -0.05) is 11.3 Å². The van der Waals surface area contributed by atoms with Crippen LogP contribution >= 0.6 is 27.3 Å². The Morgan fingerprint density at radius 3 is 3.05 bits per heavy atom. The van der Waals surface area contributed by atoms with Crippen LogP contribution in [0.4, 0.5) is 5.13 Å². The van der Waals surface area contributed by atoms with Crippen molar-refractivity contribution < 1.29 is 4.74 Å². The van der Waals surface area contributed by atoms with Crippen LogP contribution in [-0.2, 0) is 17.8 Å². The molecule has 7 heteroatoms. The van der Waals surface area contributed by atoms with Crippen LogP contribution in [0.1, 0.15) is 16.6 Å². The minimum absolute atomic E-state index is 0.462. The predicted octanol–water partition coefficient (Wildman–Crippen LogP) is 2.24. The molecular weight excluding hydrogens is 328 g/mol. The zero-order valence-electron chi connectivity index (χ0n) is 10.3. The van der Waals surface area contributed by atoms with Crippen LogP contribution in [0.2, 0.25) is 0 Å². The molecule has 0 bridgehead atoms. The maximum atomic E-state index is 5.47. The molecule has 2 aliphatic heterocycles. The van der Waals surface area contributed by atoms with Gasteiger partial charge in [0, 0.05) is 25.7 Å². The van der Waals surface area contributed by atoms with Crippen LogP contribution < -0.4 is 4.90 Å². The van der Waals surface area contributed by atoms with E-state index in [1.54, 1.807) is 11.3 Å². The van der Waals surface area contributed by atoms with Crippen molar-refractivity contribution in [2.24, 2.45) is 0 Å². The third-order valence-corrected chi connectivity index (χ3v) is 5.10. The number of anilines is 1. The van der Waals surface area contributed by atoms with Gasteiger partial charge in [-0.05, 0) is 15.9 Å². The van der Waals surface area contributed by atoms with E-state index >= 15 is 0 Å². The first-order valence-corrected chi connectivity index (χ1v) is 7.91. The number of nitrogens with zero attached hydrogens (tertiary/aromatic N) is 4. The minimum Gasteiger partial charge on any atom is -0.375 e. The highest BCUT2D eigenvalue weighted by atomic mass is 79.9. The number of ether oxygens (including phenoxy) is 1. The van der Waals surface area contributed by atoms with E-state index in [9.17, 15) is 0 Å². The summed E-state index contributed by atoms with van der Waals surface area (Å²) in [7, 11) is 0. The molecule has 0 atom stereocenters. The SMILES string of the molecule is Brc1cnn(C2CN(c3nc4c(s3)COCC4)C2)c1. The fraction of sp³-hybridized carbons (Fsp3) is 0.500. The van der Waals surface area contributed by atoms with Gasteiger partial charge in [0.05, 0.1) is 40.5 Å². The van der Waals surface area contributed by atoms with Crippen LogP contribution in [-0.4, -0.2) is 34.5 Å². The zero-order valence-corrected chi connectivity index (χ0v) is 12.7. The topological polar surface area (TPSA) is 43.2 Å². The third-order valence-electron chi connectivity index (χ3n) is 3.56. The Hall–Kier alpha value is -0.920. The lowest BCUT2D eigenvalue weighted by Gasteiger charge is -2.38. The summed E-state index contributed by atoms with van der Waals surface area (Å²) in [4.78, 5) is 8.35. The molecule has 0 aliphatic carbocycles. The molecule has 5 nitrogen and oxygen atoms in total. The smallest absolute Gasteiger partial charge is 0.186 e. The molecule has 19 heavy (non-hydrogen) atoms. The first-order valence-electron chi connectivity index (χ1n) is 6.30. The van der Waals surface area contributed by atoms with E-state index in [4.69, 9.17) is 9.72 Å². The van der Waals surface area contributed by atoms with E-state index < -0.39 is 0 Å². The molecule has 2 aromatic heterocycles. The molecule has 2 aromatic rings. The summed E-state index contributed by atoms with van der Waals surface area (Å²) < 4.78 is 8.53. The second-order valence-corrected chi connectivity index (χ2v) is 6.84. The van der Waals surface area contributed by atoms with E-state index in [2.05, 4.69) is 25.9 Å². The Morgan fingerprint density at radius 1 is 1.42 bits per heavy atom. The number of hydrogen-bond donors (Lipinski definition) is 0. The van der Waals surface area contributed by atoms with Crippen molar-refractivity contribution in [3.05, 3.63) is 27.4 Å². The van der Waals surface area contributed by atoms with Crippen molar-refractivity contribution in [3.63, 3.8) is 0 Å². The number of thiazole rings is 1. The van der Waals surface area contributed by atoms with E-state index in [0.29, 0.717) is 6.04 Å². The van der Waals surface area contributed by atoms with Gasteiger partial charge in [0.25, 0.3) is 0 Å². The van der Waals surface area contributed by atoms with Crippen molar-refractivity contribution in [2.75, 3.05) is 24.6 Å². The molecule has 0 radical (unpaired) electrons. The van der Waals surface area contributed by atoms with Crippen molar-refractivity contribution in [1.29, 1.82) is 0 Å². The maximum Gasteiger partial charge on any atom is 0.186 e. The molecule has 0 unspecified atom stereocenters. The summed E-state index contributed by atoms with van der Waals surface area (Å²) in [5.41, 5.74) is 1.23. The number of fused-ring (bicyclic) bond motifs is 1. The molecule has 0 amide bonds. The van der Waals surface area contributed by atoms with Crippen molar-refractivity contribution in [2.45, 2.75) is 19.1 Å². The lowest BCUT2D eigenvalue weighted by molar-refractivity contribution is 0.112. The van der Waals surface area contributed by atoms with E-state index in [1.807, 2.05) is 17.1 Å². The van der Waals surface area contributed by atoms with Gasteiger partial charge in [0.2, 0.25) is 0 Å². The minimum atomic E-state index is 0.462. The number of hydrogen-bond acceptors (Lipinski definition) is 5. The summed E-state index contributed by atoms with van der Waals surface area (Å²) in [5, 5.41) is 5.47. The largest absolute Gasteiger partial charge is 0.375 e. The lowest BCUT2D eigenvalue weighted by atomic mass is 10.1. The molecule has 0 saturated carbocycles. The molecule has 1 fully saturated rings. The number of rotatable bonds is 2. The highest BCUT2D eigenvalue weighted by molar-refractivity contribution is 9.10. The normalized spacial score (nSPS) is 19.3. The van der Waals surface area contributed by atoms with Gasteiger partial charge in [-0.25, -0.2) is 4.98 Å². The van der Waals surface area contributed by atoms with Gasteiger partial charge in [-0.2, -0.15) is 5.10 Å². The molecule has 100 valence electrons. The Kier molecular flexibility index (Phi) is 2.86. The standard InChI is InChI=1S/C12H13BrN4OS/c13-8-3-14-17(4-8)9-5-16(6-9)12-15-10-1-2-18-7-11(10)19-12/h3-4,9H,1-2,5-7H2. The molecule has 2 aliphatic rings. The first-order chi connectivity index (χ1) is 9.29. The maximum absolute atomic E-state index is 5.47. The van der Waals surface area contributed by atoms with Gasteiger partial charge in [0.1, 0.15) is 0 Å². The summed E-state index contributed by atoms with van der Waals surface area (Å²) >= 11 is 5.20. The Morgan fingerprint density at radius 2 is 2.32 bits per heavy atom. The second kappa shape index (κ2) is 4.57. The molecule has 4 rings (SSSR count). The predicted molar refractivity (Wildman–Crippen MR) is 76.7 cm³/mol. The molecule has 1 saturated heterocycles. The molecular formula is C12H13BrN4OS. The Labute approximate surface area is 123 Å². The van der Waals surface area contributed by atoms with Crippen molar-refractivity contribution >= 4 is 32.4 Å². The lowest BCUT2D eigenvalue weighted by Crippen LogP contribution is -2.48.